The van der Waals surface area contributed by atoms with Gasteiger partial charge in [-0.3, -0.25) is 0 Å². The van der Waals surface area contributed by atoms with Crippen LogP contribution < -0.4 is 0 Å². The van der Waals surface area contributed by atoms with E-state index >= 15 is 0 Å². The van der Waals surface area contributed by atoms with Gasteiger partial charge in [-0.05, 0) is 30.9 Å². The summed E-state index contributed by atoms with van der Waals surface area (Å²) in [5.74, 6) is 0. The first-order valence-electron chi connectivity index (χ1n) is 4.46. The van der Waals surface area contributed by atoms with Crippen LogP contribution in [0, 0.1) is 0 Å². The van der Waals surface area contributed by atoms with Gasteiger partial charge < -0.3 is 0 Å². The van der Waals surface area contributed by atoms with Crippen LogP contribution >= 0.6 is 0 Å². The molecule has 1 heteroatoms. The molecule has 0 N–H and O–H groups in total. The molecule has 0 heterocycles. The number of rotatable bonds is 1. The normalized spacial score (nSPS) is 19.3. The SMILES string of the molecule is C/C=C\C1=CC/C(=C/F)C1.CC. The second kappa shape index (κ2) is 6.84. The van der Waals surface area contributed by atoms with E-state index in [1.807, 2.05) is 32.9 Å². The standard InChI is InChI=1S/C9H11F.C2H6/c1-2-3-8-4-5-9(6-8)7-10;1-2/h2-4,7H,5-6H2,1H3;1-2H3/b3-2-,9-7-;. The van der Waals surface area contributed by atoms with Crippen LogP contribution in [-0.4, -0.2) is 0 Å². The fraction of sp³-hybridized carbons (Fsp3) is 0.455. The average molecular weight is 168 g/mol. The number of halogens is 1. The van der Waals surface area contributed by atoms with Gasteiger partial charge in [-0.15, -0.1) is 0 Å². The van der Waals surface area contributed by atoms with Crippen molar-refractivity contribution in [3.8, 4) is 0 Å². The maximum atomic E-state index is 11.9. The maximum Gasteiger partial charge on any atom is 0.0865 e. The van der Waals surface area contributed by atoms with Crippen molar-refractivity contribution in [2.45, 2.75) is 33.6 Å². The molecule has 1 rings (SSSR count). The Morgan fingerprint density at radius 1 is 1.42 bits per heavy atom. The van der Waals surface area contributed by atoms with Crippen LogP contribution in [0.4, 0.5) is 4.39 Å². The lowest BCUT2D eigenvalue weighted by atomic mass is 10.2. The highest BCUT2D eigenvalue weighted by Crippen LogP contribution is 2.24. The molecule has 0 saturated heterocycles. The van der Waals surface area contributed by atoms with Gasteiger partial charge in [0.1, 0.15) is 0 Å². The Bertz CT molecular complexity index is 197. The van der Waals surface area contributed by atoms with Crippen molar-refractivity contribution in [3.63, 3.8) is 0 Å². The lowest BCUT2D eigenvalue weighted by molar-refractivity contribution is 0.703. The van der Waals surface area contributed by atoms with Crippen LogP contribution in [0.1, 0.15) is 33.6 Å². The minimum Gasteiger partial charge on any atom is -0.216 e. The average Bonchev–Trinajstić information content (AvgIpc) is 2.57. The van der Waals surface area contributed by atoms with Gasteiger partial charge in [0.2, 0.25) is 0 Å². The predicted octanol–water partition coefficient (Wildman–Crippen LogP) is 4.16. The van der Waals surface area contributed by atoms with E-state index in [4.69, 9.17) is 0 Å². The highest BCUT2D eigenvalue weighted by Gasteiger charge is 2.06. The molecule has 0 atom stereocenters. The Kier molecular flexibility index (Phi) is 6.35. The van der Waals surface area contributed by atoms with Gasteiger partial charge in [0.25, 0.3) is 0 Å². The van der Waals surface area contributed by atoms with E-state index in [0.717, 1.165) is 18.4 Å². The fourth-order valence-corrected chi connectivity index (χ4v) is 1.09. The largest absolute Gasteiger partial charge is 0.216 e. The van der Waals surface area contributed by atoms with E-state index < -0.39 is 0 Å². The van der Waals surface area contributed by atoms with Crippen LogP contribution in [0.5, 0.6) is 0 Å². The first-order chi connectivity index (χ1) is 5.86. The molecule has 68 valence electrons. The molecule has 0 unspecified atom stereocenters. The van der Waals surface area contributed by atoms with Gasteiger partial charge in [-0.2, -0.15) is 0 Å². The Hall–Kier alpha value is -0.850. The molecule has 12 heavy (non-hydrogen) atoms. The van der Waals surface area contributed by atoms with Crippen LogP contribution in [0.2, 0.25) is 0 Å². The van der Waals surface area contributed by atoms with Crippen molar-refractivity contribution in [2.24, 2.45) is 0 Å². The van der Waals surface area contributed by atoms with Crippen LogP contribution in [-0.2, 0) is 0 Å². The Morgan fingerprint density at radius 2 is 2.08 bits per heavy atom. The minimum atomic E-state index is 0.715. The Morgan fingerprint density at radius 3 is 2.50 bits per heavy atom. The summed E-state index contributed by atoms with van der Waals surface area (Å²) >= 11 is 0. The third-order valence-electron chi connectivity index (χ3n) is 1.59. The van der Waals surface area contributed by atoms with Gasteiger partial charge in [-0.1, -0.05) is 32.1 Å². The molecule has 0 aromatic carbocycles. The van der Waals surface area contributed by atoms with Gasteiger partial charge in [0, 0.05) is 0 Å². The van der Waals surface area contributed by atoms with Gasteiger partial charge >= 0.3 is 0 Å². The van der Waals surface area contributed by atoms with E-state index in [0.29, 0.717) is 6.33 Å². The zero-order chi connectivity index (χ0) is 9.40. The minimum absolute atomic E-state index is 0.715. The molecular formula is C11H17F. The van der Waals surface area contributed by atoms with Crippen LogP contribution in [0.25, 0.3) is 0 Å². The van der Waals surface area contributed by atoms with Crippen molar-refractivity contribution >= 4 is 0 Å². The van der Waals surface area contributed by atoms with Crippen molar-refractivity contribution in [3.05, 3.63) is 35.7 Å². The van der Waals surface area contributed by atoms with E-state index in [9.17, 15) is 4.39 Å². The van der Waals surface area contributed by atoms with Crippen LogP contribution in [0.15, 0.2) is 35.7 Å². The molecule has 0 aliphatic heterocycles. The summed E-state index contributed by atoms with van der Waals surface area (Å²) in [5.41, 5.74) is 2.11. The summed E-state index contributed by atoms with van der Waals surface area (Å²) in [5, 5.41) is 0. The Labute approximate surface area is 74.5 Å². The second-order valence-electron chi connectivity index (χ2n) is 2.43. The summed E-state index contributed by atoms with van der Waals surface area (Å²) in [4.78, 5) is 0. The number of hydrogen-bond donors (Lipinski definition) is 0. The maximum absolute atomic E-state index is 11.9. The predicted molar refractivity (Wildman–Crippen MR) is 52.7 cm³/mol. The van der Waals surface area contributed by atoms with E-state index in [2.05, 4.69) is 6.08 Å². The lowest BCUT2D eigenvalue weighted by Crippen LogP contribution is -1.71. The molecule has 0 bridgehead atoms. The zero-order valence-corrected chi connectivity index (χ0v) is 8.10. The molecule has 0 nitrogen and oxygen atoms in total. The lowest BCUT2D eigenvalue weighted by Gasteiger charge is -1.90. The summed E-state index contributed by atoms with van der Waals surface area (Å²) in [7, 11) is 0. The topological polar surface area (TPSA) is 0 Å². The molecule has 0 aromatic heterocycles. The highest BCUT2D eigenvalue weighted by molar-refractivity contribution is 5.32. The smallest absolute Gasteiger partial charge is 0.0865 e. The summed E-state index contributed by atoms with van der Waals surface area (Å²) in [6.45, 7) is 5.97. The Balaban J connectivity index is 0.000000561. The van der Waals surface area contributed by atoms with Crippen molar-refractivity contribution in [1.82, 2.24) is 0 Å². The zero-order valence-electron chi connectivity index (χ0n) is 8.10. The molecule has 0 radical (unpaired) electrons. The van der Waals surface area contributed by atoms with E-state index in [1.54, 1.807) is 0 Å². The molecule has 0 amide bonds. The molecule has 1 aliphatic rings. The molecular weight excluding hydrogens is 151 g/mol. The molecule has 0 fully saturated rings. The fourth-order valence-electron chi connectivity index (χ4n) is 1.09. The first kappa shape index (κ1) is 11.2. The van der Waals surface area contributed by atoms with E-state index in [-0.39, 0.29) is 0 Å². The number of hydrogen-bond acceptors (Lipinski definition) is 0. The van der Waals surface area contributed by atoms with Gasteiger partial charge in [0.15, 0.2) is 0 Å². The van der Waals surface area contributed by atoms with Crippen molar-refractivity contribution in [1.29, 1.82) is 0 Å². The van der Waals surface area contributed by atoms with Crippen molar-refractivity contribution < 1.29 is 4.39 Å². The quantitative estimate of drug-likeness (QED) is 0.551. The third-order valence-corrected chi connectivity index (χ3v) is 1.59. The third kappa shape index (κ3) is 3.51. The van der Waals surface area contributed by atoms with Crippen LogP contribution in [0.3, 0.4) is 0 Å². The number of allylic oxidation sites excluding steroid dienone is 5. The monoisotopic (exact) mass is 168 g/mol. The van der Waals surface area contributed by atoms with E-state index in [1.165, 1.54) is 5.57 Å². The first-order valence-corrected chi connectivity index (χ1v) is 4.46. The van der Waals surface area contributed by atoms with Gasteiger partial charge in [-0.25, -0.2) is 4.39 Å². The summed E-state index contributed by atoms with van der Waals surface area (Å²) in [6.07, 6.45) is 8.36. The molecule has 1 aliphatic carbocycles. The van der Waals surface area contributed by atoms with Crippen molar-refractivity contribution in [2.75, 3.05) is 0 Å². The second-order valence-corrected chi connectivity index (χ2v) is 2.43. The summed E-state index contributed by atoms with van der Waals surface area (Å²) in [6, 6.07) is 0. The summed E-state index contributed by atoms with van der Waals surface area (Å²) < 4.78 is 11.9. The molecule has 0 saturated carbocycles. The molecule has 0 aromatic rings. The van der Waals surface area contributed by atoms with Gasteiger partial charge in [0.05, 0.1) is 6.33 Å². The highest BCUT2D eigenvalue weighted by atomic mass is 19.1. The molecule has 0 spiro atoms.